The van der Waals surface area contributed by atoms with Crippen LogP contribution in [0, 0.1) is 0 Å². The topological polar surface area (TPSA) is 67.8 Å². The van der Waals surface area contributed by atoms with Gasteiger partial charge in [0.25, 0.3) is 5.56 Å². The van der Waals surface area contributed by atoms with E-state index in [1.165, 1.54) is 16.6 Å². The lowest BCUT2D eigenvalue weighted by Gasteiger charge is -2.18. The van der Waals surface area contributed by atoms with Crippen LogP contribution in [0.2, 0.25) is 0 Å². The van der Waals surface area contributed by atoms with Gasteiger partial charge in [-0.3, -0.25) is 14.2 Å². The smallest absolute Gasteiger partial charge is 0.263 e. The van der Waals surface area contributed by atoms with Crippen LogP contribution in [0.4, 0.5) is 0 Å². The minimum Gasteiger partial charge on any atom is -0.360 e. The molecule has 174 valence electrons. The van der Waals surface area contributed by atoms with Crippen molar-refractivity contribution in [3.8, 4) is 0 Å². The van der Waals surface area contributed by atoms with Gasteiger partial charge in [-0.1, -0.05) is 66.4 Å². The molecule has 1 atom stereocenters. The number of fused-ring (bicyclic) bond motifs is 4. The second-order valence-electron chi connectivity index (χ2n) is 8.66. The average Bonchev–Trinajstić information content (AvgIpc) is 3.59. The lowest BCUT2D eigenvalue weighted by Crippen LogP contribution is -2.24. The number of para-hydroxylation sites is 1. The SMILES string of the molecule is C=CCn1c(SC(C(=O)c2c[nH]c3ccccc23)c2ccccc2)nc2sc3c(c2c1=O)CCC3. The molecule has 5 nitrogen and oxygen atoms in total. The number of Topliss-reactive ketones (excluding diaryl/α,β-unsaturated/α-hetero) is 1. The van der Waals surface area contributed by atoms with Crippen molar-refractivity contribution >= 4 is 50.0 Å². The summed E-state index contributed by atoms with van der Waals surface area (Å²) >= 11 is 2.96. The lowest BCUT2D eigenvalue weighted by molar-refractivity contribution is 0.0991. The Kier molecular flexibility index (Phi) is 5.66. The van der Waals surface area contributed by atoms with Crippen molar-refractivity contribution in [3.63, 3.8) is 0 Å². The highest BCUT2D eigenvalue weighted by Crippen LogP contribution is 2.40. The van der Waals surface area contributed by atoms with E-state index in [1.807, 2.05) is 54.6 Å². The number of aromatic amines is 1. The molecule has 2 aromatic carbocycles. The normalized spacial score (nSPS) is 13.8. The van der Waals surface area contributed by atoms with Crippen LogP contribution in [0.15, 0.2) is 83.4 Å². The molecule has 1 unspecified atom stereocenters. The minimum absolute atomic E-state index is 0.0215. The Morgan fingerprint density at radius 1 is 1.17 bits per heavy atom. The fraction of sp³-hybridized carbons (Fsp3) is 0.179. The van der Waals surface area contributed by atoms with E-state index in [0.29, 0.717) is 17.3 Å². The number of nitrogens with zero attached hydrogens (tertiary/aromatic N) is 2. The maximum atomic E-state index is 14.0. The molecule has 7 heteroatoms. The first-order chi connectivity index (χ1) is 17.2. The monoisotopic (exact) mass is 497 g/mol. The first kappa shape index (κ1) is 22.1. The van der Waals surface area contributed by atoms with E-state index >= 15 is 0 Å². The number of H-pyrrole nitrogens is 1. The largest absolute Gasteiger partial charge is 0.360 e. The van der Waals surface area contributed by atoms with E-state index in [-0.39, 0.29) is 11.3 Å². The van der Waals surface area contributed by atoms with Gasteiger partial charge in [-0.2, -0.15) is 0 Å². The number of carbonyl (C=O) groups excluding carboxylic acids is 1. The molecule has 0 saturated heterocycles. The maximum absolute atomic E-state index is 14.0. The van der Waals surface area contributed by atoms with Crippen molar-refractivity contribution in [2.45, 2.75) is 36.2 Å². The van der Waals surface area contributed by atoms with Crippen LogP contribution in [0.1, 0.15) is 38.0 Å². The number of thiophene rings is 1. The number of nitrogens with one attached hydrogen (secondary N) is 1. The number of rotatable bonds is 7. The molecule has 0 radical (unpaired) electrons. The molecule has 6 rings (SSSR count). The van der Waals surface area contributed by atoms with E-state index in [1.54, 1.807) is 28.2 Å². The molecule has 1 N–H and O–H groups in total. The van der Waals surface area contributed by atoms with E-state index in [9.17, 15) is 9.59 Å². The molecule has 0 amide bonds. The fourth-order valence-corrected chi connectivity index (χ4v) is 7.34. The molecular weight excluding hydrogens is 474 g/mol. The van der Waals surface area contributed by atoms with Gasteiger partial charge in [-0.15, -0.1) is 17.9 Å². The number of hydrogen-bond donors (Lipinski definition) is 1. The summed E-state index contributed by atoms with van der Waals surface area (Å²) in [4.78, 5) is 37.8. The zero-order valence-electron chi connectivity index (χ0n) is 19.0. The summed E-state index contributed by atoms with van der Waals surface area (Å²) in [5.74, 6) is -0.0215. The van der Waals surface area contributed by atoms with Crippen LogP contribution in [-0.2, 0) is 19.4 Å². The summed E-state index contributed by atoms with van der Waals surface area (Å²) in [7, 11) is 0. The Morgan fingerprint density at radius 3 is 2.80 bits per heavy atom. The molecule has 0 bridgehead atoms. The minimum atomic E-state index is -0.553. The van der Waals surface area contributed by atoms with Crippen LogP contribution in [-0.4, -0.2) is 20.3 Å². The molecular formula is C28H23N3O2S2. The molecule has 5 aromatic rings. The second-order valence-corrected chi connectivity index (χ2v) is 10.8. The van der Waals surface area contributed by atoms with Crippen LogP contribution in [0.5, 0.6) is 0 Å². The number of carbonyl (C=O) groups is 1. The highest BCUT2D eigenvalue weighted by Gasteiger charge is 2.29. The van der Waals surface area contributed by atoms with E-state index in [4.69, 9.17) is 4.98 Å². The van der Waals surface area contributed by atoms with Crippen LogP contribution >= 0.6 is 23.1 Å². The maximum Gasteiger partial charge on any atom is 0.263 e. The number of thioether (sulfide) groups is 1. The van der Waals surface area contributed by atoms with Crippen molar-refractivity contribution in [1.82, 2.24) is 14.5 Å². The highest BCUT2D eigenvalue weighted by atomic mass is 32.2. The standard InChI is InChI=1S/C28H23N3O2S2/c1-2-15-31-27(33)23-19-12-8-14-22(19)34-26(23)30-28(31)35-25(17-9-4-3-5-10-17)24(32)20-16-29-21-13-7-6-11-18(20)21/h2-7,9-11,13,16,25,29H,1,8,12,14-15H2. The molecule has 1 aliphatic carbocycles. The Labute approximate surface area is 210 Å². The molecule has 1 aliphatic rings. The van der Waals surface area contributed by atoms with Gasteiger partial charge in [-0.25, -0.2) is 4.98 Å². The van der Waals surface area contributed by atoms with Gasteiger partial charge in [0.1, 0.15) is 10.1 Å². The van der Waals surface area contributed by atoms with Crippen molar-refractivity contribution in [1.29, 1.82) is 0 Å². The lowest BCUT2D eigenvalue weighted by atomic mass is 10.0. The summed E-state index contributed by atoms with van der Waals surface area (Å²) in [6.07, 6.45) is 6.51. The van der Waals surface area contributed by atoms with E-state index < -0.39 is 5.25 Å². The van der Waals surface area contributed by atoms with E-state index in [2.05, 4.69) is 11.6 Å². The molecule has 0 saturated carbocycles. The van der Waals surface area contributed by atoms with Gasteiger partial charge in [-0.05, 0) is 36.5 Å². The van der Waals surface area contributed by atoms with Gasteiger partial charge in [0, 0.05) is 34.1 Å². The van der Waals surface area contributed by atoms with Crippen LogP contribution in [0.25, 0.3) is 21.1 Å². The predicted molar refractivity (Wildman–Crippen MR) is 144 cm³/mol. The third kappa shape index (κ3) is 3.75. The Morgan fingerprint density at radius 2 is 1.97 bits per heavy atom. The number of ketones is 1. The fourth-order valence-electron chi connectivity index (χ4n) is 4.86. The summed E-state index contributed by atoms with van der Waals surface area (Å²) < 4.78 is 1.67. The zero-order chi connectivity index (χ0) is 23.9. The summed E-state index contributed by atoms with van der Waals surface area (Å²) in [6.45, 7) is 4.21. The van der Waals surface area contributed by atoms with Crippen molar-refractivity contribution in [2.24, 2.45) is 0 Å². The number of aryl methyl sites for hydroxylation is 2. The Hall–Kier alpha value is -3.42. The summed E-state index contributed by atoms with van der Waals surface area (Å²) in [5.41, 5.74) is 3.55. The number of allylic oxidation sites excluding steroid dienone is 1. The van der Waals surface area contributed by atoms with Gasteiger partial charge in [0.05, 0.1) is 5.39 Å². The van der Waals surface area contributed by atoms with Crippen molar-refractivity contribution in [2.75, 3.05) is 0 Å². The Bertz CT molecular complexity index is 1650. The number of benzene rings is 2. The molecule has 0 spiro atoms. The first-order valence-corrected chi connectivity index (χ1v) is 13.3. The predicted octanol–water partition coefficient (Wildman–Crippen LogP) is 6.33. The summed E-state index contributed by atoms with van der Waals surface area (Å²) in [6, 6.07) is 17.5. The van der Waals surface area contributed by atoms with E-state index in [0.717, 1.165) is 51.5 Å². The quantitative estimate of drug-likeness (QED) is 0.123. The van der Waals surface area contributed by atoms with Crippen LogP contribution < -0.4 is 5.56 Å². The average molecular weight is 498 g/mol. The molecule has 3 aromatic heterocycles. The molecule has 0 fully saturated rings. The highest BCUT2D eigenvalue weighted by molar-refractivity contribution is 8.00. The van der Waals surface area contributed by atoms with Gasteiger partial charge in [0.15, 0.2) is 10.9 Å². The number of aromatic nitrogens is 3. The Balaban J connectivity index is 1.49. The third-order valence-corrected chi connectivity index (χ3v) is 8.95. The van der Waals surface area contributed by atoms with Gasteiger partial charge in [0.2, 0.25) is 0 Å². The zero-order valence-corrected chi connectivity index (χ0v) is 20.6. The van der Waals surface area contributed by atoms with Gasteiger partial charge >= 0.3 is 0 Å². The molecule has 0 aliphatic heterocycles. The van der Waals surface area contributed by atoms with Crippen molar-refractivity contribution < 1.29 is 4.79 Å². The van der Waals surface area contributed by atoms with Crippen molar-refractivity contribution in [3.05, 3.63) is 105 Å². The first-order valence-electron chi connectivity index (χ1n) is 11.6. The number of hydrogen-bond acceptors (Lipinski definition) is 5. The second kappa shape index (κ2) is 8.98. The molecule has 35 heavy (non-hydrogen) atoms. The van der Waals surface area contributed by atoms with Gasteiger partial charge < -0.3 is 4.98 Å². The van der Waals surface area contributed by atoms with Crippen LogP contribution in [0.3, 0.4) is 0 Å². The summed E-state index contributed by atoms with van der Waals surface area (Å²) in [5, 5.41) is 1.63. The molecule has 3 heterocycles. The third-order valence-electron chi connectivity index (χ3n) is 6.52.